The van der Waals surface area contributed by atoms with E-state index in [2.05, 4.69) is 13.8 Å². The Kier molecular flexibility index (Phi) is 9.31. The fourth-order valence-corrected chi connectivity index (χ4v) is 19.9. The van der Waals surface area contributed by atoms with E-state index < -0.39 is 0 Å². The first-order valence-electron chi connectivity index (χ1n) is 7.33. The Hall–Kier alpha value is 1.60. The Morgan fingerprint density at radius 1 is 0.812 bits per heavy atom. The molecule has 92 valence electrons. The number of hydrogen-bond donors (Lipinski definition) is 0. The predicted octanol–water partition coefficient (Wildman–Crippen LogP) is 4.91. The summed E-state index contributed by atoms with van der Waals surface area (Å²) in [5.74, 6) is 0. The second kappa shape index (κ2) is 9.52. The van der Waals surface area contributed by atoms with Gasteiger partial charge in [-0.25, -0.2) is 0 Å². The molecule has 0 aromatic heterocycles. The SMILES string of the molecule is CCC[CH2][Sn][C]1([Sn][CH2]CCC)CCCCC1. The van der Waals surface area contributed by atoms with Crippen LogP contribution in [0.15, 0.2) is 0 Å². The van der Waals surface area contributed by atoms with Gasteiger partial charge in [0.1, 0.15) is 0 Å². The van der Waals surface area contributed by atoms with E-state index >= 15 is 0 Å². The average Bonchev–Trinajstić information content (AvgIpc) is 2.31. The topological polar surface area (TPSA) is 0 Å². The van der Waals surface area contributed by atoms with Crippen molar-refractivity contribution < 1.29 is 0 Å². The van der Waals surface area contributed by atoms with Gasteiger partial charge in [0.05, 0.1) is 0 Å². The third-order valence-electron chi connectivity index (χ3n) is 3.69. The number of hydrogen-bond acceptors (Lipinski definition) is 0. The summed E-state index contributed by atoms with van der Waals surface area (Å²) in [7, 11) is 0. The Balaban J connectivity index is 2.33. The molecular formula is C14H28Sn2. The van der Waals surface area contributed by atoms with Gasteiger partial charge in [0, 0.05) is 0 Å². The molecule has 0 atom stereocenters. The van der Waals surface area contributed by atoms with Crippen molar-refractivity contribution in [1.82, 2.24) is 0 Å². The molecule has 0 aromatic rings. The van der Waals surface area contributed by atoms with Crippen LogP contribution in [-0.4, -0.2) is 42.3 Å². The van der Waals surface area contributed by atoms with Gasteiger partial charge in [-0.05, 0) is 0 Å². The molecule has 4 radical (unpaired) electrons. The molecule has 1 fully saturated rings. The minimum absolute atomic E-state index is 0.00126. The van der Waals surface area contributed by atoms with E-state index in [9.17, 15) is 0 Å². The molecule has 0 heterocycles. The summed E-state index contributed by atoms with van der Waals surface area (Å²) in [5.41, 5.74) is 0. The maximum absolute atomic E-state index is 2.37. The van der Waals surface area contributed by atoms with Crippen LogP contribution in [0.1, 0.15) is 71.6 Å². The summed E-state index contributed by atoms with van der Waals surface area (Å²) in [6.07, 6.45) is 14.1. The predicted molar refractivity (Wildman–Crippen MR) is 76.7 cm³/mol. The van der Waals surface area contributed by atoms with Gasteiger partial charge in [-0.15, -0.1) is 0 Å². The standard InChI is InChI=1S/C6H10.2C4H9.2Sn/c1-2-4-6-5-3-1;2*1-3-4-2;;/h1-5H2;2*1,3-4H2,2H3;;. The van der Waals surface area contributed by atoms with Crippen LogP contribution in [0.3, 0.4) is 0 Å². The molecule has 1 aliphatic rings. The van der Waals surface area contributed by atoms with Gasteiger partial charge < -0.3 is 0 Å². The van der Waals surface area contributed by atoms with Crippen molar-refractivity contribution in [2.75, 3.05) is 0 Å². The van der Waals surface area contributed by atoms with E-state index in [0.717, 1.165) is 1.45 Å². The summed E-state index contributed by atoms with van der Waals surface area (Å²) in [6, 6.07) is 0. The van der Waals surface area contributed by atoms with E-state index in [4.69, 9.17) is 0 Å². The van der Waals surface area contributed by atoms with Crippen LogP contribution in [0.25, 0.3) is 0 Å². The molecule has 1 saturated carbocycles. The van der Waals surface area contributed by atoms with Crippen molar-refractivity contribution in [1.29, 1.82) is 0 Å². The van der Waals surface area contributed by atoms with Gasteiger partial charge >= 0.3 is 124 Å². The summed E-state index contributed by atoms with van der Waals surface area (Å²) >= 11 is 0.00253. The summed E-state index contributed by atoms with van der Waals surface area (Å²) in [5, 5.41) is 0. The average molecular weight is 434 g/mol. The molecule has 2 heteroatoms. The van der Waals surface area contributed by atoms with E-state index in [1.165, 1.54) is 12.8 Å². The first-order valence-corrected chi connectivity index (χ1v) is 14.2. The molecule has 0 unspecified atom stereocenters. The second-order valence-corrected chi connectivity index (χ2v) is 19.6. The van der Waals surface area contributed by atoms with E-state index in [1.54, 1.807) is 53.8 Å². The Morgan fingerprint density at radius 3 is 1.75 bits per heavy atom. The molecule has 0 nitrogen and oxygen atoms in total. The third-order valence-corrected chi connectivity index (χ3v) is 20.6. The Morgan fingerprint density at radius 2 is 1.31 bits per heavy atom. The van der Waals surface area contributed by atoms with Crippen LogP contribution < -0.4 is 0 Å². The molecule has 16 heavy (non-hydrogen) atoms. The number of rotatable bonds is 8. The van der Waals surface area contributed by atoms with Crippen molar-refractivity contribution in [3.63, 3.8) is 0 Å². The zero-order chi connectivity index (χ0) is 11.7. The van der Waals surface area contributed by atoms with Crippen molar-refractivity contribution in [3.8, 4) is 0 Å². The fraction of sp³-hybridized carbons (Fsp3) is 1.00. The monoisotopic (exact) mass is 436 g/mol. The Labute approximate surface area is 123 Å². The zero-order valence-corrected chi connectivity index (χ0v) is 17.0. The number of unbranched alkanes of at least 4 members (excludes halogenated alkanes) is 2. The van der Waals surface area contributed by atoms with Crippen LogP contribution in [0.2, 0.25) is 10.3 Å². The van der Waals surface area contributed by atoms with Crippen LogP contribution in [0.5, 0.6) is 0 Å². The van der Waals surface area contributed by atoms with Crippen LogP contribution >= 0.6 is 0 Å². The zero-order valence-electron chi connectivity index (χ0n) is 11.3. The second-order valence-electron chi connectivity index (χ2n) is 5.20. The van der Waals surface area contributed by atoms with Crippen molar-refractivity contribution >= 4 is 42.3 Å². The first kappa shape index (κ1) is 15.7. The summed E-state index contributed by atoms with van der Waals surface area (Å²) in [6.45, 7) is 4.73. The molecule has 0 bridgehead atoms. The van der Waals surface area contributed by atoms with Gasteiger partial charge in [0.15, 0.2) is 0 Å². The molecule has 0 saturated heterocycles. The van der Waals surface area contributed by atoms with Crippen molar-refractivity contribution in [2.45, 2.75) is 82.0 Å². The molecule has 0 aliphatic heterocycles. The third kappa shape index (κ3) is 5.97. The molecule has 0 N–H and O–H groups in total. The van der Waals surface area contributed by atoms with E-state index in [-0.39, 0.29) is 42.3 Å². The van der Waals surface area contributed by atoms with Crippen molar-refractivity contribution in [3.05, 3.63) is 0 Å². The molecule has 0 spiro atoms. The van der Waals surface area contributed by atoms with Gasteiger partial charge in [-0.3, -0.25) is 0 Å². The normalized spacial score (nSPS) is 19.9. The van der Waals surface area contributed by atoms with Gasteiger partial charge in [0.25, 0.3) is 0 Å². The van der Waals surface area contributed by atoms with E-state index in [1.807, 2.05) is 0 Å². The molecule has 1 rings (SSSR count). The van der Waals surface area contributed by atoms with Crippen LogP contribution in [0, 0.1) is 0 Å². The molecular weight excluding hydrogens is 406 g/mol. The van der Waals surface area contributed by atoms with E-state index in [0.29, 0.717) is 0 Å². The molecule has 0 amide bonds. The quantitative estimate of drug-likeness (QED) is 0.377. The van der Waals surface area contributed by atoms with Gasteiger partial charge in [-0.1, -0.05) is 0 Å². The summed E-state index contributed by atoms with van der Waals surface area (Å²) in [4.78, 5) is 0. The fourth-order valence-electron chi connectivity index (χ4n) is 2.58. The summed E-state index contributed by atoms with van der Waals surface area (Å²) < 4.78 is 4.52. The van der Waals surface area contributed by atoms with Crippen LogP contribution in [0.4, 0.5) is 0 Å². The van der Waals surface area contributed by atoms with Gasteiger partial charge in [-0.2, -0.15) is 0 Å². The van der Waals surface area contributed by atoms with Crippen LogP contribution in [-0.2, 0) is 0 Å². The molecule has 1 aliphatic carbocycles. The first-order chi connectivity index (χ1) is 7.83. The molecule has 0 aromatic carbocycles. The minimum atomic E-state index is 0.00126. The van der Waals surface area contributed by atoms with Gasteiger partial charge in [0.2, 0.25) is 0 Å². The van der Waals surface area contributed by atoms with Crippen molar-refractivity contribution in [2.24, 2.45) is 0 Å². The Bertz CT molecular complexity index is 150. The maximum atomic E-state index is 2.37.